The number of sulfonamides is 1. The van der Waals surface area contributed by atoms with Crippen molar-refractivity contribution in [3.05, 3.63) is 11.8 Å². The average Bonchev–Trinajstić information content (AvgIpc) is 2.95. The van der Waals surface area contributed by atoms with Gasteiger partial charge in [0.25, 0.3) is 0 Å². The van der Waals surface area contributed by atoms with Gasteiger partial charge >= 0.3 is 0 Å². The van der Waals surface area contributed by atoms with Crippen molar-refractivity contribution in [2.24, 2.45) is 5.92 Å². The number of aromatic nitrogens is 2. The molecule has 1 saturated carbocycles. The highest BCUT2D eigenvalue weighted by molar-refractivity contribution is 7.89. The Balaban J connectivity index is 1.65. The molecule has 22 heavy (non-hydrogen) atoms. The van der Waals surface area contributed by atoms with Gasteiger partial charge in [-0.25, -0.2) is 8.42 Å². The minimum Gasteiger partial charge on any atom is -0.423 e. The van der Waals surface area contributed by atoms with Gasteiger partial charge in [0.1, 0.15) is 6.10 Å². The molecule has 0 amide bonds. The van der Waals surface area contributed by atoms with Gasteiger partial charge in [0, 0.05) is 20.0 Å². The Hall–Kier alpha value is -0.990. The smallest absolute Gasteiger partial charge is 0.246 e. The van der Waals surface area contributed by atoms with E-state index in [1.54, 1.807) is 6.92 Å². The summed E-state index contributed by atoms with van der Waals surface area (Å²) in [6.45, 7) is 2.72. The van der Waals surface area contributed by atoms with Gasteiger partial charge in [-0.15, -0.1) is 10.2 Å². The molecule has 0 unspecified atom stereocenters. The zero-order valence-corrected chi connectivity index (χ0v) is 13.7. The molecule has 1 aromatic rings. The topological polar surface area (TPSA) is 85.5 Å². The molecule has 124 valence electrons. The molecule has 2 aliphatic rings. The molecule has 0 radical (unpaired) electrons. The summed E-state index contributed by atoms with van der Waals surface area (Å²) in [5, 5.41) is 7.72. The maximum absolute atomic E-state index is 12.6. The van der Waals surface area contributed by atoms with Gasteiger partial charge in [-0.1, -0.05) is 19.3 Å². The summed E-state index contributed by atoms with van der Waals surface area (Å²) in [5.41, 5.74) is 0. The van der Waals surface area contributed by atoms with Crippen molar-refractivity contribution in [2.45, 2.75) is 45.1 Å². The van der Waals surface area contributed by atoms with E-state index in [9.17, 15) is 8.42 Å². The first-order valence-electron chi connectivity index (χ1n) is 7.94. The molecule has 2 fully saturated rings. The molecule has 1 aliphatic heterocycles. The first kappa shape index (κ1) is 15.9. The highest BCUT2D eigenvalue weighted by Gasteiger charge is 2.34. The molecule has 1 saturated heterocycles. The monoisotopic (exact) mass is 329 g/mol. The lowest BCUT2D eigenvalue weighted by Gasteiger charge is -2.32. The highest BCUT2D eigenvalue weighted by atomic mass is 32.2. The summed E-state index contributed by atoms with van der Waals surface area (Å²) < 4.78 is 37.8. The first-order chi connectivity index (χ1) is 10.5. The van der Waals surface area contributed by atoms with Crippen LogP contribution in [0.5, 0.6) is 0 Å². The Morgan fingerprint density at radius 1 is 1.23 bits per heavy atom. The van der Waals surface area contributed by atoms with Gasteiger partial charge in [0.2, 0.25) is 21.8 Å². The number of rotatable bonds is 4. The standard InChI is InChI=1S/C14H23N3O4S/c1-11-15-16-14(21-11)13-9-17(7-8-20-13)22(18,19)10-12-5-3-2-4-6-12/h12-13H,2-10H2,1H3/t13-/m0/s1. The summed E-state index contributed by atoms with van der Waals surface area (Å²) in [4.78, 5) is 0. The third-order valence-electron chi connectivity index (χ3n) is 4.41. The SMILES string of the molecule is Cc1nnc([C@@H]2CN(S(=O)(=O)CC3CCCCC3)CCO2)o1. The van der Waals surface area contributed by atoms with Crippen LogP contribution in [0.2, 0.25) is 0 Å². The summed E-state index contributed by atoms with van der Waals surface area (Å²) in [5.74, 6) is 1.37. The third kappa shape index (κ3) is 3.67. The predicted molar refractivity (Wildman–Crippen MR) is 79.7 cm³/mol. The van der Waals surface area contributed by atoms with Crippen molar-refractivity contribution in [1.29, 1.82) is 0 Å². The average molecular weight is 329 g/mol. The van der Waals surface area contributed by atoms with Crippen LogP contribution >= 0.6 is 0 Å². The van der Waals surface area contributed by atoms with Gasteiger partial charge in [0.05, 0.1) is 12.4 Å². The van der Waals surface area contributed by atoms with E-state index in [4.69, 9.17) is 9.15 Å². The van der Waals surface area contributed by atoms with E-state index in [2.05, 4.69) is 10.2 Å². The summed E-state index contributed by atoms with van der Waals surface area (Å²) in [7, 11) is -3.25. The van der Waals surface area contributed by atoms with E-state index in [1.165, 1.54) is 10.7 Å². The quantitative estimate of drug-likeness (QED) is 0.835. The van der Waals surface area contributed by atoms with Crippen molar-refractivity contribution in [3.63, 3.8) is 0 Å². The van der Waals surface area contributed by atoms with Crippen LogP contribution in [0.15, 0.2) is 4.42 Å². The minimum atomic E-state index is -3.25. The van der Waals surface area contributed by atoms with Gasteiger partial charge in [-0.3, -0.25) is 0 Å². The van der Waals surface area contributed by atoms with E-state index in [0.29, 0.717) is 30.9 Å². The van der Waals surface area contributed by atoms with E-state index >= 15 is 0 Å². The molecule has 0 N–H and O–H groups in total. The fourth-order valence-corrected chi connectivity index (χ4v) is 5.08. The van der Waals surface area contributed by atoms with Crippen LogP contribution in [0, 0.1) is 12.8 Å². The highest BCUT2D eigenvalue weighted by Crippen LogP contribution is 2.28. The van der Waals surface area contributed by atoms with Crippen LogP contribution in [-0.4, -0.2) is 48.4 Å². The number of hydrogen-bond acceptors (Lipinski definition) is 6. The zero-order chi connectivity index (χ0) is 15.6. The molecule has 0 spiro atoms. The Labute approximate surface area is 131 Å². The van der Waals surface area contributed by atoms with Gasteiger partial charge in [-0.2, -0.15) is 4.31 Å². The van der Waals surface area contributed by atoms with Gasteiger partial charge in [-0.05, 0) is 18.8 Å². The summed E-state index contributed by atoms with van der Waals surface area (Å²) in [6, 6.07) is 0. The fraction of sp³-hybridized carbons (Fsp3) is 0.857. The molecule has 3 rings (SSSR count). The second kappa shape index (κ2) is 6.64. The van der Waals surface area contributed by atoms with Crippen LogP contribution in [0.25, 0.3) is 0 Å². The van der Waals surface area contributed by atoms with E-state index < -0.39 is 16.1 Å². The molecule has 0 bridgehead atoms. The molecular formula is C14H23N3O4S. The first-order valence-corrected chi connectivity index (χ1v) is 9.55. The number of morpholine rings is 1. The lowest BCUT2D eigenvalue weighted by Crippen LogP contribution is -2.44. The van der Waals surface area contributed by atoms with E-state index in [0.717, 1.165) is 25.7 Å². The second-order valence-electron chi connectivity index (χ2n) is 6.16. The summed E-state index contributed by atoms with van der Waals surface area (Å²) in [6.07, 6.45) is 5.11. The van der Waals surface area contributed by atoms with E-state index in [1.807, 2.05) is 0 Å². The Kier molecular flexibility index (Phi) is 4.79. The molecule has 8 heteroatoms. The molecule has 7 nitrogen and oxygen atoms in total. The normalized spacial score (nSPS) is 25.4. The third-order valence-corrected chi connectivity index (χ3v) is 6.42. The molecule has 2 heterocycles. The molecule has 1 aliphatic carbocycles. The molecule has 1 aromatic heterocycles. The van der Waals surface area contributed by atoms with Gasteiger partial charge in [0.15, 0.2) is 0 Å². The van der Waals surface area contributed by atoms with Crippen LogP contribution in [-0.2, 0) is 14.8 Å². The van der Waals surface area contributed by atoms with Crippen LogP contribution in [0.1, 0.15) is 50.0 Å². The molecular weight excluding hydrogens is 306 g/mol. The number of nitrogens with zero attached hydrogens (tertiary/aromatic N) is 3. The van der Waals surface area contributed by atoms with Crippen molar-refractivity contribution in [1.82, 2.24) is 14.5 Å². The van der Waals surface area contributed by atoms with Crippen LogP contribution in [0.3, 0.4) is 0 Å². The largest absolute Gasteiger partial charge is 0.423 e. The maximum Gasteiger partial charge on any atom is 0.246 e. The lowest BCUT2D eigenvalue weighted by molar-refractivity contribution is -0.0177. The van der Waals surface area contributed by atoms with E-state index in [-0.39, 0.29) is 12.3 Å². The van der Waals surface area contributed by atoms with Crippen molar-refractivity contribution >= 4 is 10.0 Å². The second-order valence-corrected chi connectivity index (χ2v) is 8.17. The summed E-state index contributed by atoms with van der Waals surface area (Å²) >= 11 is 0. The minimum absolute atomic E-state index is 0.253. The number of aryl methyl sites for hydroxylation is 1. The van der Waals surface area contributed by atoms with Crippen LogP contribution < -0.4 is 0 Å². The van der Waals surface area contributed by atoms with Crippen LogP contribution in [0.4, 0.5) is 0 Å². The fourth-order valence-electron chi connectivity index (χ4n) is 3.23. The number of hydrogen-bond donors (Lipinski definition) is 0. The molecule has 1 atom stereocenters. The predicted octanol–water partition coefficient (Wildman–Crippen LogP) is 1.66. The maximum atomic E-state index is 12.6. The number of ether oxygens (including phenoxy) is 1. The van der Waals surface area contributed by atoms with Crippen molar-refractivity contribution < 1.29 is 17.6 Å². The zero-order valence-electron chi connectivity index (χ0n) is 12.9. The van der Waals surface area contributed by atoms with Gasteiger partial charge < -0.3 is 9.15 Å². The lowest BCUT2D eigenvalue weighted by atomic mass is 9.91. The Morgan fingerprint density at radius 2 is 2.00 bits per heavy atom. The molecule has 0 aromatic carbocycles. The Morgan fingerprint density at radius 3 is 2.68 bits per heavy atom. The van der Waals surface area contributed by atoms with Crippen molar-refractivity contribution in [2.75, 3.05) is 25.4 Å². The Bertz CT molecular complexity index is 595. The van der Waals surface area contributed by atoms with Crippen molar-refractivity contribution in [3.8, 4) is 0 Å².